The molecule has 19 heavy (non-hydrogen) atoms. The van der Waals surface area contributed by atoms with Gasteiger partial charge in [0.1, 0.15) is 16.3 Å². The highest BCUT2D eigenvalue weighted by atomic mass is 32.2. The van der Waals surface area contributed by atoms with E-state index in [1.165, 1.54) is 19.3 Å². The van der Waals surface area contributed by atoms with Crippen LogP contribution in [0.25, 0.3) is 11.1 Å². The predicted molar refractivity (Wildman–Crippen MR) is 78.5 cm³/mol. The minimum atomic E-state index is -1.15. The number of nitrogen functional groups attached to an aromatic ring is 1. The van der Waals surface area contributed by atoms with Gasteiger partial charge >= 0.3 is 0 Å². The maximum Gasteiger partial charge on any atom is 0.287 e. The van der Waals surface area contributed by atoms with Crippen molar-refractivity contribution < 1.29 is 8.63 Å². The summed E-state index contributed by atoms with van der Waals surface area (Å²) < 4.78 is 17.6. The van der Waals surface area contributed by atoms with Gasteiger partial charge < -0.3 is 10.2 Å². The Morgan fingerprint density at radius 3 is 2.84 bits per heavy atom. The summed E-state index contributed by atoms with van der Waals surface area (Å²) in [4.78, 5) is 4.25. The fraction of sp³-hybridized carbons (Fsp3) is 0.500. The molecule has 2 rings (SSSR count). The summed E-state index contributed by atoms with van der Waals surface area (Å²) in [7, 11) is -1.15. The molecule has 0 aliphatic heterocycles. The lowest BCUT2D eigenvalue weighted by atomic mass is 10.2. The molecule has 4 nitrogen and oxygen atoms in total. The number of benzene rings is 1. The van der Waals surface area contributed by atoms with Crippen molar-refractivity contribution in [1.29, 1.82) is 0 Å². The van der Waals surface area contributed by atoms with Crippen LogP contribution in [0.1, 0.15) is 39.0 Å². The van der Waals surface area contributed by atoms with Crippen LogP contribution in [0, 0.1) is 0 Å². The van der Waals surface area contributed by atoms with Gasteiger partial charge in [-0.15, -0.1) is 0 Å². The van der Waals surface area contributed by atoms with Gasteiger partial charge in [0.15, 0.2) is 5.58 Å². The number of fused-ring (bicyclic) bond motifs is 1. The first-order chi connectivity index (χ1) is 9.20. The van der Waals surface area contributed by atoms with Crippen LogP contribution in [0.2, 0.25) is 0 Å². The van der Waals surface area contributed by atoms with Crippen LogP contribution in [0.15, 0.2) is 27.8 Å². The highest BCUT2D eigenvalue weighted by molar-refractivity contribution is 7.84. The van der Waals surface area contributed by atoms with Crippen LogP contribution in [0.3, 0.4) is 0 Å². The Kier molecular flexibility index (Phi) is 4.96. The molecule has 1 unspecified atom stereocenters. The Bertz CT molecular complexity index is 566. The van der Waals surface area contributed by atoms with Crippen molar-refractivity contribution in [3.05, 3.63) is 18.2 Å². The molecular formula is C14H20N2O2S. The Morgan fingerprint density at radius 1 is 1.26 bits per heavy atom. The zero-order valence-electron chi connectivity index (χ0n) is 11.2. The number of hydrogen-bond acceptors (Lipinski definition) is 4. The Labute approximate surface area is 115 Å². The van der Waals surface area contributed by atoms with Crippen LogP contribution < -0.4 is 5.73 Å². The summed E-state index contributed by atoms with van der Waals surface area (Å²) in [5, 5.41) is 0.316. The summed E-state index contributed by atoms with van der Waals surface area (Å²) in [6.45, 7) is 2.18. The third kappa shape index (κ3) is 3.80. The van der Waals surface area contributed by atoms with Gasteiger partial charge in [0.05, 0.1) is 0 Å². The standard InChI is InChI=1S/C14H20N2O2S/c1-2-3-4-5-6-9-19(17)14-16-12-8-7-11(15)10-13(12)18-14/h7-8,10H,2-6,9,15H2,1H3. The second-order valence-electron chi connectivity index (χ2n) is 4.67. The van der Waals surface area contributed by atoms with Crippen molar-refractivity contribution >= 4 is 27.6 Å². The van der Waals surface area contributed by atoms with E-state index in [1.807, 2.05) is 0 Å². The van der Waals surface area contributed by atoms with E-state index < -0.39 is 10.8 Å². The quantitative estimate of drug-likeness (QED) is 0.622. The lowest BCUT2D eigenvalue weighted by Gasteiger charge is -1.98. The van der Waals surface area contributed by atoms with Crippen molar-refractivity contribution in [2.45, 2.75) is 44.3 Å². The van der Waals surface area contributed by atoms with Crippen molar-refractivity contribution in [2.24, 2.45) is 0 Å². The molecule has 0 aliphatic rings. The highest BCUT2D eigenvalue weighted by Crippen LogP contribution is 2.20. The molecule has 0 aliphatic carbocycles. The van der Waals surface area contributed by atoms with Crippen molar-refractivity contribution in [1.82, 2.24) is 4.98 Å². The van der Waals surface area contributed by atoms with Crippen LogP contribution in [0.4, 0.5) is 5.69 Å². The molecule has 0 amide bonds. The molecule has 0 spiro atoms. The zero-order valence-corrected chi connectivity index (χ0v) is 12.0. The second-order valence-corrected chi connectivity index (χ2v) is 6.12. The second kappa shape index (κ2) is 6.70. The minimum Gasteiger partial charge on any atom is -0.430 e. The third-order valence-corrected chi connectivity index (χ3v) is 4.24. The average Bonchev–Trinajstić information content (AvgIpc) is 2.81. The largest absolute Gasteiger partial charge is 0.430 e. The molecule has 0 saturated carbocycles. The van der Waals surface area contributed by atoms with Crippen LogP contribution >= 0.6 is 0 Å². The van der Waals surface area contributed by atoms with Gasteiger partial charge in [-0.2, -0.15) is 0 Å². The van der Waals surface area contributed by atoms with Crippen LogP contribution in [0.5, 0.6) is 0 Å². The number of nitrogens with zero attached hydrogens (tertiary/aromatic N) is 1. The normalized spacial score (nSPS) is 12.9. The molecule has 0 bridgehead atoms. The van der Waals surface area contributed by atoms with E-state index in [0.29, 0.717) is 27.8 Å². The van der Waals surface area contributed by atoms with E-state index in [1.54, 1.807) is 18.2 Å². The van der Waals surface area contributed by atoms with Gasteiger partial charge in [-0.25, -0.2) is 9.19 Å². The number of unbranched alkanes of at least 4 members (excludes halogenated alkanes) is 4. The molecule has 5 heteroatoms. The van der Waals surface area contributed by atoms with Crippen molar-refractivity contribution in [3.8, 4) is 0 Å². The number of aromatic nitrogens is 1. The summed E-state index contributed by atoms with van der Waals surface area (Å²) in [6.07, 6.45) is 5.74. The predicted octanol–water partition coefficient (Wildman–Crippen LogP) is 3.49. The molecule has 2 N–H and O–H groups in total. The highest BCUT2D eigenvalue weighted by Gasteiger charge is 2.12. The summed E-state index contributed by atoms with van der Waals surface area (Å²) >= 11 is 0. The van der Waals surface area contributed by atoms with E-state index in [9.17, 15) is 4.21 Å². The Balaban J connectivity index is 1.94. The molecule has 0 radical (unpaired) electrons. The Morgan fingerprint density at radius 2 is 2.05 bits per heavy atom. The topological polar surface area (TPSA) is 69.1 Å². The van der Waals surface area contributed by atoms with Gasteiger partial charge in [-0.3, -0.25) is 0 Å². The zero-order chi connectivity index (χ0) is 13.7. The first-order valence-corrected chi connectivity index (χ1v) is 8.07. The number of oxazole rings is 1. The first-order valence-electron chi connectivity index (χ1n) is 6.75. The van der Waals surface area contributed by atoms with E-state index in [0.717, 1.165) is 12.8 Å². The van der Waals surface area contributed by atoms with E-state index in [2.05, 4.69) is 11.9 Å². The molecule has 2 aromatic rings. The van der Waals surface area contributed by atoms with Gasteiger partial charge in [0.25, 0.3) is 5.22 Å². The maximum absolute atomic E-state index is 12.1. The lowest BCUT2D eigenvalue weighted by Crippen LogP contribution is -1.98. The number of nitrogens with two attached hydrogens (primary N) is 1. The summed E-state index contributed by atoms with van der Waals surface area (Å²) in [5.74, 6) is 0.617. The summed E-state index contributed by atoms with van der Waals surface area (Å²) in [6, 6.07) is 5.27. The fourth-order valence-electron chi connectivity index (χ4n) is 1.94. The van der Waals surface area contributed by atoms with Gasteiger partial charge in [0, 0.05) is 17.5 Å². The lowest BCUT2D eigenvalue weighted by molar-refractivity contribution is 0.477. The SMILES string of the molecule is CCCCCCCS(=O)c1nc2ccc(N)cc2o1. The average molecular weight is 280 g/mol. The van der Waals surface area contributed by atoms with E-state index in [4.69, 9.17) is 10.2 Å². The smallest absolute Gasteiger partial charge is 0.287 e. The maximum atomic E-state index is 12.1. The minimum absolute atomic E-state index is 0.316. The monoisotopic (exact) mass is 280 g/mol. The molecule has 0 fully saturated rings. The van der Waals surface area contributed by atoms with Gasteiger partial charge in [0.2, 0.25) is 0 Å². The molecule has 1 heterocycles. The number of anilines is 1. The molecule has 1 atom stereocenters. The third-order valence-electron chi connectivity index (χ3n) is 3.02. The van der Waals surface area contributed by atoms with Crippen molar-refractivity contribution in [2.75, 3.05) is 11.5 Å². The Hall–Kier alpha value is -1.36. The van der Waals surface area contributed by atoms with Crippen molar-refractivity contribution in [3.63, 3.8) is 0 Å². The molecule has 104 valence electrons. The summed E-state index contributed by atoms with van der Waals surface area (Å²) in [5.41, 5.74) is 7.62. The van der Waals surface area contributed by atoms with E-state index >= 15 is 0 Å². The molecular weight excluding hydrogens is 260 g/mol. The van der Waals surface area contributed by atoms with Crippen LogP contribution in [-0.2, 0) is 10.8 Å². The van der Waals surface area contributed by atoms with E-state index in [-0.39, 0.29) is 0 Å². The number of hydrogen-bond donors (Lipinski definition) is 1. The van der Waals surface area contributed by atoms with Crippen LogP contribution in [-0.4, -0.2) is 14.9 Å². The first kappa shape index (κ1) is 14.1. The van der Waals surface area contributed by atoms with Gasteiger partial charge in [-0.1, -0.05) is 32.6 Å². The fourth-order valence-corrected chi connectivity index (χ4v) is 2.97. The molecule has 1 aromatic heterocycles. The molecule has 0 saturated heterocycles. The number of rotatable bonds is 7. The van der Waals surface area contributed by atoms with Gasteiger partial charge in [-0.05, 0) is 18.6 Å². The molecule has 1 aromatic carbocycles.